The Bertz CT molecular complexity index is 1200. The van der Waals surface area contributed by atoms with Gasteiger partial charge in [-0.1, -0.05) is 40.9 Å². The molecule has 1 aliphatic carbocycles. The molecule has 0 bridgehead atoms. The highest BCUT2D eigenvalue weighted by atomic mass is 79.9. The van der Waals surface area contributed by atoms with Gasteiger partial charge in [0.25, 0.3) is 0 Å². The summed E-state index contributed by atoms with van der Waals surface area (Å²) in [6.07, 6.45) is 4.98. The smallest absolute Gasteiger partial charge is 0.244 e. The van der Waals surface area contributed by atoms with Crippen molar-refractivity contribution < 1.29 is 27.5 Å². The molecule has 1 N–H and O–H groups in total. The van der Waals surface area contributed by atoms with Gasteiger partial charge in [-0.3, -0.25) is 13.9 Å². The van der Waals surface area contributed by atoms with Gasteiger partial charge in [0.1, 0.15) is 24.1 Å². The van der Waals surface area contributed by atoms with E-state index in [9.17, 15) is 18.0 Å². The summed E-state index contributed by atoms with van der Waals surface area (Å²) < 4.78 is 38.1. The lowest BCUT2D eigenvalue weighted by Gasteiger charge is -2.32. The molecule has 1 saturated carbocycles. The van der Waals surface area contributed by atoms with Crippen LogP contribution < -0.4 is 19.1 Å². The molecule has 0 spiro atoms. The predicted octanol–water partition coefficient (Wildman–Crippen LogP) is 3.71. The first kappa shape index (κ1) is 28.8. The fraction of sp³-hybridized carbons (Fsp3) is 0.462. The van der Waals surface area contributed by atoms with Crippen LogP contribution in [-0.2, 0) is 26.2 Å². The lowest BCUT2D eigenvalue weighted by Crippen LogP contribution is -2.52. The number of methoxy groups -OCH3 is 2. The first-order valence-electron chi connectivity index (χ1n) is 12.1. The summed E-state index contributed by atoms with van der Waals surface area (Å²) >= 11 is 3.41. The molecular weight excluding hydrogens is 562 g/mol. The maximum atomic E-state index is 13.7. The summed E-state index contributed by atoms with van der Waals surface area (Å²) in [5.41, 5.74) is 1.01. The molecule has 1 atom stereocenters. The van der Waals surface area contributed by atoms with E-state index in [0.717, 1.165) is 46.3 Å². The molecule has 1 fully saturated rings. The molecule has 0 aromatic heterocycles. The molecule has 1 aliphatic rings. The Balaban J connectivity index is 1.92. The summed E-state index contributed by atoms with van der Waals surface area (Å²) in [6, 6.07) is 11.4. The van der Waals surface area contributed by atoms with E-state index in [4.69, 9.17) is 9.47 Å². The van der Waals surface area contributed by atoms with Crippen LogP contribution in [0, 0.1) is 0 Å². The van der Waals surface area contributed by atoms with Crippen LogP contribution >= 0.6 is 15.9 Å². The molecule has 0 heterocycles. The van der Waals surface area contributed by atoms with Crippen molar-refractivity contribution in [2.24, 2.45) is 0 Å². The summed E-state index contributed by atoms with van der Waals surface area (Å²) in [5, 5.41) is 3.05. The zero-order chi connectivity index (χ0) is 27.2. The second kappa shape index (κ2) is 12.6. The third-order valence-corrected chi connectivity index (χ3v) is 8.12. The van der Waals surface area contributed by atoms with E-state index in [0.29, 0.717) is 5.75 Å². The number of hydrogen-bond donors (Lipinski definition) is 1. The van der Waals surface area contributed by atoms with Crippen molar-refractivity contribution in [1.29, 1.82) is 0 Å². The normalized spacial score (nSPS) is 14.6. The molecular formula is C26H34BrN3O6S. The lowest BCUT2D eigenvalue weighted by atomic mass is 10.1. The van der Waals surface area contributed by atoms with Gasteiger partial charge in [-0.15, -0.1) is 0 Å². The highest BCUT2D eigenvalue weighted by Gasteiger charge is 2.32. The summed E-state index contributed by atoms with van der Waals surface area (Å²) in [5.74, 6) is -0.0518. The maximum Gasteiger partial charge on any atom is 0.244 e. The minimum absolute atomic E-state index is 0.0932. The Morgan fingerprint density at radius 2 is 1.73 bits per heavy atom. The number of amides is 2. The van der Waals surface area contributed by atoms with Crippen LogP contribution in [0.25, 0.3) is 0 Å². The number of nitrogens with one attached hydrogen (secondary N) is 1. The molecule has 2 aromatic carbocycles. The average molecular weight is 597 g/mol. The Morgan fingerprint density at radius 1 is 1.08 bits per heavy atom. The van der Waals surface area contributed by atoms with Gasteiger partial charge in [-0.05, 0) is 49.6 Å². The van der Waals surface area contributed by atoms with Crippen LogP contribution in [0.3, 0.4) is 0 Å². The number of sulfonamides is 1. The Hall–Kier alpha value is -2.79. The number of carbonyl (C=O) groups excluding carboxylic acids is 2. The van der Waals surface area contributed by atoms with Crippen LogP contribution in [0.4, 0.5) is 5.69 Å². The fourth-order valence-electron chi connectivity index (χ4n) is 4.35. The van der Waals surface area contributed by atoms with Crippen LogP contribution in [-0.4, -0.2) is 64.2 Å². The Kier molecular flexibility index (Phi) is 9.83. The van der Waals surface area contributed by atoms with Gasteiger partial charge in [0.05, 0.1) is 26.2 Å². The van der Waals surface area contributed by atoms with Crippen molar-refractivity contribution in [2.75, 3.05) is 31.3 Å². The average Bonchev–Trinajstić information content (AvgIpc) is 3.38. The number of rotatable bonds is 11. The number of nitrogens with zero attached hydrogens (tertiary/aromatic N) is 2. The number of hydrogen-bond acceptors (Lipinski definition) is 6. The van der Waals surface area contributed by atoms with E-state index >= 15 is 0 Å². The van der Waals surface area contributed by atoms with Crippen molar-refractivity contribution in [3.63, 3.8) is 0 Å². The van der Waals surface area contributed by atoms with Crippen molar-refractivity contribution in [3.8, 4) is 11.5 Å². The van der Waals surface area contributed by atoms with E-state index in [1.165, 1.54) is 25.2 Å². The van der Waals surface area contributed by atoms with Gasteiger partial charge in [0.2, 0.25) is 21.8 Å². The molecule has 0 radical (unpaired) electrons. The first-order chi connectivity index (χ1) is 17.5. The van der Waals surface area contributed by atoms with Gasteiger partial charge in [0, 0.05) is 23.1 Å². The molecule has 0 unspecified atom stereocenters. The minimum atomic E-state index is -3.88. The highest BCUT2D eigenvalue weighted by Crippen LogP contribution is 2.33. The molecule has 2 aromatic rings. The van der Waals surface area contributed by atoms with Crippen LogP contribution in [0.1, 0.15) is 38.2 Å². The van der Waals surface area contributed by atoms with E-state index in [1.807, 2.05) is 24.3 Å². The van der Waals surface area contributed by atoms with E-state index < -0.39 is 28.5 Å². The van der Waals surface area contributed by atoms with Crippen molar-refractivity contribution >= 4 is 43.5 Å². The zero-order valence-corrected chi connectivity index (χ0v) is 24.0. The molecule has 0 saturated heterocycles. The van der Waals surface area contributed by atoms with E-state index in [2.05, 4.69) is 21.2 Å². The number of halogens is 1. The van der Waals surface area contributed by atoms with Gasteiger partial charge >= 0.3 is 0 Å². The zero-order valence-electron chi connectivity index (χ0n) is 21.6. The highest BCUT2D eigenvalue weighted by molar-refractivity contribution is 9.10. The number of carbonyl (C=O) groups is 2. The standard InChI is InChI=1S/C26H34BrN3O6S/c1-18(26(32)28-21-7-5-6-8-21)29(16-19-9-11-20(27)12-10-19)25(31)17-30(37(4,33)34)23-14-13-22(35-2)15-24(23)36-3/h9-15,18,21H,5-8,16-17H2,1-4H3,(H,28,32)/t18-/m0/s1. The second-order valence-corrected chi connectivity index (χ2v) is 11.9. The molecule has 202 valence electrons. The quantitative estimate of drug-likeness (QED) is 0.424. The largest absolute Gasteiger partial charge is 0.497 e. The van der Waals surface area contributed by atoms with Crippen LogP contribution in [0.15, 0.2) is 46.9 Å². The summed E-state index contributed by atoms with van der Waals surface area (Å²) in [4.78, 5) is 28.3. The maximum absolute atomic E-state index is 13.7. The van der Waals surface area contributed by atoms with E-state index in [-0.39, 0.29) is 29.9 Å². The molecule has 9 nitrogen and oxygen atoms in total. The SMILES string of the molecule is COc1ccc(N(CC(=O)N(Cc2ccc(Br)cc2)[C@@H](C)C(=O)NC2CCCC2)S(C)(=O)=O)c(OC)c1. The molecule has 37 heavy (non-hydrogen) atoms. The van der Waals surface area contributed by atoms with Crippen molar-refractivity contribution in [3.05, 3.63) is 52.5 Å². The van der Waals surface area contributed by atoms with E-state index in [1.54, 1.807) is 19.1 Å². The van der Waals surface area contributed by atoms with Crippen molar-refractivity contribution in [1.82, 2.24) is 10.2 Å². The first-order valence-corrected chi connectivity index (χ1v) is 14.7. The molecule has 3 rings (SSSR count). The summed E-state index contributed by atoms with van der Waals surface area (Å²) in [7, 11) is -0.981. The topological polar surface area (TPSA) is 105 Å². The van der Waals surface area contributed by atoms with Gasteiger partial charge < -0.3 is 19.7 Å². The molecule has 11 heteroatoms. The monoisotopic (exact) mass is 595 g/mol. The van der Waals surface area contributed by atoms with Gasteiger partial charge in [-0.2, -0.15) is 0 Å². The second-order valence-electron chi connectivity index (χ2n) is 9.12. The summed E-state index contributed by atoms with van der Waals surface area (Å²) in [6.45, 7) is 1.31. The third-order valence-electron chi connectivity index (χ3n) is 6.47. The minimum Gasteiger partial charge on any atom is -0.497 e. The third kappa shape index (κ3) is 7.61. The van der Waals surface area contributed by atoms with Gasteiger partial charge in [-0.25, -0.2) is 8.42 Å². The number of benzene rings is 2. The van der Waals surface area contributed by atoms with Gasteiger partial charge in [0.15, 0.2) is 0 Å². The van der Waals surface area contributed by atoms with Crippen molar-refractivity contribution in [2.45, 2.75) is 51.2 Å². The van der Waals surface area contributed by atoms with Crippen LogP contribution in [0.5, 0.6) is 11.5 Å². The number of anilines is 1. The predicted molar refractivity (Wildman–Crippen MR) is 146 cm³/mol. The number of ether oxygens (including phenoxy) is 2. The Labute approximate surface area is 227 Å². The Morgan fingerprint density at radius 3 is 2.30 bits per heavy atom. The van der Waals surface area contributed by atoms with Crippen LogP contribution in [0.2, 0.25) is 0 Å². The fourth-order valence-corrected chi connectivity index (χ4v) is 5.46. The molecule has 2 amide bonds. The molecule has 0 aliphatic heterocycles. The lowest BCUT2D eigenvalue weighted by molar-refractivity contribution is -0.139.